The van der Waals surface area contributed by atoms with Crippen LogP contribution in [0.4, 0.5) is 0 Å². The Bertz CT molecular complexity index is 387. The number of hydrogen-bond acceptors (Lipinski definition) is 4. The molecule has 114 valence electrons. The minimum atomic E-state index is -0.533. The molecule has 5 nitrogen and oxygen atoms in total. The maximum atomic E-state index is 11.6. The van der Waals surface area contributed by atoms with Crippen molar-refractivity contribution in [1.82, 2.24) is 4.90 Å². The van der Waals surface area contributed by atoms with Gasteiger partial charge in [-0.25, -0.2) is 4.79 Å². The van der Waals surface area contributed by atoms with Gasteiger partial charge in [0, 0.05) is 11.6 Å². The third-order valence-corrected chi connectivity index (χ3v) is 3.02. The SMILES string of the molecule is C=C(/C=C(/CC(CC)N(C)C)C(N)=O)C(=O)OCCC. The van der Waals surface area contributed by atoms with Crippen LogP contribution in [-0.4, -0.2) is 43.5 Å². The van der Waals surface area contributed by atoms with E-state index in [9.17, 15) is 9.59 Å². The molecule has 5 heteroatoms. The molecule has 0 aliphatic rings. The van der Waals surface area contributed by atoms with Crippen LogP contribution >= 0.6 is 0 Å². The molecule has 20 heavy (non-hydrogen) atoms. The lowest BCUT2D eigenvalue weighted by atomic mass is 10.0. The Morgan fingerprint density at radius 2 is 1.95 bits per heavy atom. The Morgan fingerprint density at radius 1 is 1.35 bits per heavy atom. The van der Waals surface area contributed by atoms with E-state index in [0.717, 1.165) is 12.8 Å². The molecule has 0 aromatic rings. The quantitative estimate of drug-likeness (QED) is 0.396. The summed E-state index contributed by atoms with van der Waals surface area (Å²) in [6, 6.07) is 0.188. The van der Waals surface area contributed by atoms with E-state index in [2.05, 4.69) is 6.58 Å². The number of rotatable bonds is 9. The topological polar surface area (TPSA) is 72.6 Å². The third kappa shape index (κ3) is 6.52. The molecule has 0 saturated heterocycles. The van der Waals surface area contributed by atoms with Crippen LogP contribution in [-0.2, 0) is 14.3 Å². The van der Waals surface area contributed by atoms with Crippen LogP contribution in [0.3, 0.4) is 0 Å². The number of amides is 1. The Hall–Kier alpha value is -1.62. The lowest BCUT2D eigenvalue weighted by Gasteiger charge is -2.23. The summed E-state index contributed by atoms with van der Waals surface area (Å²) in [5.74, 6) is -1.04. The fraction of sp³-hybridized carbons (Fsp3) is 0.600. The van der Waals surface area contributed by atoms with E-state index in [4.69, 9.17) is 10.5 Å². The minimum absolute atomic E-state index is 0.154. The van der Waals surface area contributed by atoms with Gasteiger partial charge in [0.2, 0.25) is 5.91 Å². The van der Waals surface area contributed by atoms with Crippen molar-refractivity contribution in [2.45, 2.75) is 39.2 Å². The second kappa shape index (κ2) is 9.31. The molecule has 0 aliphatic heterocycles. The highest BCUT2D eigenvalue weighted by atomic mass is 16.5. The highest BCUT2D eigenvalue weighted by Crippen LogP contribution is 2.14. The van der Waals surface area contributed by atoms with Crippen molar-refractivity contribution in [3.8, 4) is 0 Å². The summed E-state index contributed by atoms with van der Waals surface area (Å²) in [5.41, 5.74) is 5.92. The number of esters is 1. The van der Waals surface area contributed by atoms with Crippen molar-refractivity contribution in [3.63, 3.8) is 0 Å². The fourth-order valence-electron chi connectivity index (χ4n) is 1.73. The van der Waals surface area contributed by atoms with Crippen molar-refractivity contribution in [3.05, 3.63) is 23.8 Å². The monoisotopic (exact) mass is 282 g/mol. The lowest BCUT2D eigenvalue weighted by Crippen LogP contribution is -2.30. The molecule has 0 saturated carbocycles. The first-order valence-electron chi connectivity index (χ1n) is 6.86. The van der Waals surface area contributed by atoms with Gasteiger partial charge < -0.3 is 15.4 Å². The summed E-state index contributed by atoms with van der Waals surface area (Å²) >= 11 is 0. The zero-order chi connectivity index (χ0) is 15.7. The van der Waals surface area contributed by atoms with Gasteiger partial charge >= 0.3 is 5.97 Å². The molecule has 2 N–H and O–H groups in total. The van der Waals surface area contributed by atoms with Crippen LogP contribution in [0.15, 0.2) is 23.8 Å². The molecule has 1 unspecified atom stereocenters. The van der Waals surface area contributed by atoms with E-state index in [0.29, 0.717) is 18.6 Å². The molecule has 0 aromatic heterocycles. The van der Waals surface area contributed by atoms with Crippen molar-refractivity contribution in [1.29, 1.82) is 0 Å². The molecule has 1 atom stereocenters. The van der Waals surface area contributed by atoms with Gasteiger partial charge in [-0.1, -0.05) is 20.4 Å². The molecule has 0 heterocycles. The summed E-state index contributed by atoms with van der Waals surface area (Å²) < 4.78 is 4.97. The largest absolute Gasteiger partial charge is 0.462 e. The molecular formula is C15H26N2O3. The third-order valence-electron chi connectivity index (χ3n) is 3.02. The number of nitrogens with zero attached hydrogens (tertiary/aromatic N) is 1. The first-order valence-corrected chi connectivity index (χ1v) is 6.86. The van der Waals surface area contributed by atoms with E-state index in [1.165, 1.54) is 6.08 Å². The Kier molecular flexibility index (Phi) is 8.56. The van der Waals surface area contributed by atoms with Crippen LogP contribution in [0.2, 0.25) is 0 Å². The van der Waals surface area contributed by atoms with Gasteiger partial charge in [0.05, 0.1) is 12.2 Å². The van der Waals surface area contributed by atoms with E-state index in [1.807, 2.05) is 32.8 Å². The van der Waals surface area contributed by atoms with Gasteiger partial charge in [-0.05, 0) is 39.4 Å². The molecule has 0 bridgehead atoms. The first kappa shape index (κ1) is 18.4. The molecular weight excluding hydrogens is 256 g/mol. The average Bonchev–Trinajstić information content (AvgIpc) is 2.39. The van der Waals surface area contributed by atoms with Crippen molar-refractivity contribution in [2.24, 2.45) is 5.73 Å². The molecule has 0 rings (SSSR count). The van der Waals surface area contributed by atoms with Crippen molar-refractivity contribution in [2.75, 3.05) is 20.7 Å². The van der Waals surface area contributed by atoms with Gasteiger partial charge in [-0.3, -0.25) is 4.79 Å². The average molecular weight is 282 g/mol. The Labute approximate surface area is 121 Å². The zero-order valence-electron chi connectivity index (χ0n) is 12.9. The highest BCUT2D eigenvalue weighted by molar-refractivity contribution is 5.97. The smallest absolute Gasteiger partial charge is 0.337 e. The van der Waals surface area contributed by atoms with E-state index in [-0.39, 0.29) is 11.6 Å². The van der Waals surface area contributed by atoms with Gasteiger partial charge in [0.25, 0.3) is 0 Å². The van der Waals surface area contributed by atoms with Crippen LogP contribution in [0.5, 0.6) is 0 Å². The number of primary amides is 1. The zero-order valence-corrected chi connectivity index (χ0v) is 12.9. The standard InChI is InChI=1S/C15H26N2O3/c1-6-8-20-15(19)11(3)9-12(14(16)18)10-13(7-2)17(4)5/h9,13H,3,6-8,10H2,1-2,4-5H3,(H2,16,18)/b12-9-. The summed E-state index contributed by atoms with van der Waals surface area (Å²) in [5, 5.41) is 0. The molecule has 0 radical (unpaired) electrons. The summed E-state index contributed by atoms with van der Waals surface area (Å²) in [7, 11) is 3.88. The first-order chi connectivity index (χ1) is 9.33. The summed E-state index contributed by atoms with van der Waals surface area (Å²) in [6.07, 6.45) is 3.54. The molecule has 1 amide bonds. The normalized spacial score (nSPS) is 13.2. The highest BCUT2D eigenvalue weighted by Gasteiger charge is 2.16. The summed E-state index contributed by atoms with van der Waals surface area (Å²) in [6.45, 7) is 7.92. The van der Waals surface area contributed by atoms with E-state index < -0.39 is 11.9 Å². The van der Waals surface area contributed by atoms with E-state index >= 15 is 0 Å². The van der Waals surface area contributed by atoms with Crippen LogP contribution in [0.1, 0.15) is 33.1 Å². The van der Waals surface area contributed by atoms with Crippen LogP contribution in [0, 0.1) is 0 Å². The molecule has 0 aromatic carbocycles. The van der Waals surface area contributed by atoms with E-state index in [1.54, 1.807) is 0 Å². The molecule has 0 fully saturated rings. The van der Waals surface area contributed by atoms with Gasteiger partial charge in [0.1, 0.15) is 0 Å². The van der Waals surface area contributed by atoms with Gasteiger partial charge in [0.15, 0.2) is 0 Å². The second-order valence-electron chi connectivity index (χ2n) is 4.92. The predicted octanol–water partition coefficient (Wildman–Crippen LogP) is 1.64. The maximum Gasteiger partial charge on any atom is 0.337 e. The van der Waals surface area contributed by atoms with Crippen molar-refractivity contribution >= 4 is 11.9 Å². The van der Waals surface area contributed by atoms with Crippen LogP contribution in [0.25, 0.3) is 0 Å². The number of nitrogens with two attached hydrogens (primary N) is 1. The number of hydrogen-bond donors (Lipinski definition) is 1. The molecule has 0 spiro atoms. The lowest BCUT2D eigenvalue weighted by molar-refractivity contribution is -0.138. The summed E-state index contributed by atoms with van der Waals surface area (Å²) in [4.78, 5) is 25.1. The Balaban J connectivity index is 4.90. The second-order valence-corrected chi connectivity index (χ2v) is 4.92. The predicted molar refractivity (Wildman–Crippen MR) is 80.1 cm³/mol. The maximum absolute atomic E-state index is 11.6. The fourth-order valence-corrected chi connectivity index (χ4v) is 1.73. The van der Waals surface area contributed by atoms with Crippen LogP contribution < -0.4 is 5.73 Å². The Morgan fingerprint density at radius 3 is 2.35 bits per heavy atom. The number of carbonyl (C=O) groups is 2. The van der Waals surface area contributed by atoms with Crippen molar-refractivity contribution < 1.29 is 14.3 Å². The number of ether oxygens (including phenoxy) is 1. The number of carbonyl (C=O) groups excluding carboxylic acids is 2. The molecule has 0 aliphatic carbocycles. The van der Waals surface area contributed by atoms with Gasteiger partial charge in [-0.2, -0.15) is 0 Å². The van der Waals surface area contributed by atoms with Gasteiger partial charge in [-0.15, -0.1) is 0 Å². The minimum Gasteiger partial charge on any atom is -0.462 e.